The number of hydrogen-bond acceptors (Lipinski definition) is 1. The summed E-state index contributed by atoms with van der Waals surface area (Å²) in [6.45, 7) is 4.32. The van der Waals surface area contributed by atoms with E-state index in [4.69, 9.17) is 5.73 Å². The number of aryl methyl sites for hydroxylation is 2. The highest BCUT2D eigenvalue weighted by Crippen LogP contribution is 2.28. The van der Waals surface area contributed by atoms with E-state index in [1.807, 2.05) is 0 Å². The SMILES string of the molecule is Cc1ccc(C)c(C2=CC(N)CCC2)c1. The minimum atomic E-state index is 0.258. The summed E-state index contributed by atoms with van der Waals surface area (Å²) in [5.74, 6) is 0. The molecule has 0 fully saturated rings. The van der Waals surface area contributed by atoms with Crippen molar-refractivity contribution < 1.29 is 0 Å². The molecule has 1 heteroatoms. The number of hydrogen-bond donors (Lipinski definition) is 1. The average Bonchev–Trinajstić information content (AvgIpc) is 2.22. The van der Waals surface area contributed by atoms with Crippen LogP contribution in [0, 0.1) is 13.8 Å². The molecular formula is C14H19N. The minimum Gasteiger partial charge on any atom is -0.324 e. The van der Waals surface area contributed by atoms with Crippen LogP contribution < -0.4 is 5.73 Å². The van der Waals surface area contributed by atoms with E-state index in [0.717, 1.165) is 6.42 Å². The van der Waals surface area contributed by atoms with Gasteiger partial charge in [-0.25, -0.2) is 0 Å². The molecule has 0 radical (unpaired) electrons. The second-order valence-corrected chi connectivity index (χ2v) is 4.57. The number of benzene rings is 1. The van der Waals surface area contributed by atoms with E-state index in [9.17, 15) is 0 Å². The largest absolute Gasteiger partial charge is 0.324 e. The fourth-order valence-corrected chi connectivity index (χ4v) is 2.26. The van der Waals surface area contributed by atoms with Gasteiger partial charge in [-0.15, -0.1) is 0 Å². The van der Waals surface area contributed by atoms with Gasteiger partial charge in [-0.3, -0.25) is 0 Å². The van der Waals surface area contributed by atoms with Crippen LogP contribution in [0.3, 0.4) is 0 Å². The van der Waals surface area contributed by atoms with E-state index >= 15 is 0 Å². The van der Waals surface area contributed by atoms with Crippen LogP contribution in [0.1, 0.15) is 36.0 Å². The van der Waals surface area contributed by atoms with E-state index in [1.165, 1.54) is 35.1 Å². The summed E-state index contributed by atoms with van der Waals surface area (Å²) in [7, 11) is 0. The Hall–Kier alpha value is -1.08. The van der Waals surface area contributed by atoms with Crippen molar-refractivity contribution in [3.05, 3.63) is 41.0 Å². The second-order valence-electron chi connectivity index (χ2n) is 4.57. The first kappa shape index (κ1) is 10.4. The first-order valence-corrected chi connectivity index (χ1v) is 5.71. The Bertz CT molecular complexity index is 390. The molecule has 0 saturated heterocycles. The molecule has 1 atom stereocenters. The minimum absolute atomic E-state index is 0.258. The van der Waals surface area contributed by atoms with Gasteiger partial charge in [-0.05, 0) is 49.8 Å². The molecular weight excluding hydrogens is 182 g/mol. The fraction of sp³-hybridized carbons (Fsp3) is 0.429. The normalized spacial score (nSPS) is 21.3. The average molecular weight is 201 g/mol. The molecule has 15 heavy (non-hydrogen) atoms. The van der Waals surface area contributed by atoms with Gasteiger partial charge in [0.2, 0.25) is 0 Å². The van der Waals surface area contributed by atoms with Crippen LogP contribution in [-0.4, -0.2) is 6.04 Å². The van der Waals surface area contributed by atoms with Gasteiger partial charge < -0.3 is 5.73 Å². The highest BCUT2D eigenvalue weighted by molar-refractivity contribution is 5.69. The third-order valence-corrected chi connectivity index (χ3v) is 3.14. The number of allylic oxidation sites excluding steroid dienone is 1. The smallest absolute Gasteiger partial charge is 0.0229 e. The van der Waals surface area contributed by atoms with Crippen molar-refractivity contribution in [1.29, 1.82) is 0 Å². The molecule has 0 heterocycles. The summed E-state index contributed by atoms with van der Waals surface area (Å²) < 4.78 is 0. The molecule has 0 saturated carbocycles. The lowest BCUT2D eigenvalue weighted by Crippen LogP contribution is -2.20. The van der Waals surface area contributed by atoms with Gasteiger partial charge in [0.15, 0.2) is 0 Å². The molecule has 0 amide bonds. The van der Waals surface area contributed by atoms with Gasteiger partial charge in [-0.2, -0.15) is 0 Å². The van der Waals surface area contributed by atoms with Crippen LogP contribution in [0.25, 0.3) is 5.57 Å². The summed E-state index contributed by atoms with van der Waals surface area (Å²) >= 11 is 0. The lowest BCUT2D eigenvalue weighted by molar-refractivity contribution is 0.654. The Balaban J connectivity index is 2.40. The topological polar surface area (TPSA) is 26.0 Å². The second kappa shape index (κ2) is 4.19. The van der Waals surface area contributed by atoms with Crippen molar-refractivity contribution in [3.8, 4) is 0 Å². The summed E-state index contributed by atoms with van der Waals surface area (Å²) in [6.07, 6.45) is 5.78. The molecule has 1 aromatic rings. The molecule has 1 aliphatic rings. The Labute approximate surface area is 92.0 Å². The Morgan fingerprint density at radius 1 is 1.27 bits per heavy atom. The quantitative estimate of drug-likeness (QED) is 0.742. The highest BCUT2D eigenvalue weighted by Gasteiger charge is 2.12. The van der Waals surface area contributed by atoms with Crippen molar-refractivity contribution in [2.45, 2.75) is 39.2 Å². The third-order valence-electron chi connectivity index (χ3n) is 3.14. The summed E-state index contributed by atoms with van der Waals surface area (Å²) in [6, 6.07) is 6.90. The standard InChI is InChI=1S/C14H19N/c1-10-6-7-11(2)14(8-10)12-4-3-5-13(15)9-12/h6-9,13H,3-5,15H2,1-2H3. The molecule has 80 valence electrons. The highest BCUT2D eigenvalue weighted by atomic mass is 14.6. The van der Waals surface area contributed by atoms with Crippen LogP contribution in [0.4, 0.5) is 0 Å². The van der Waals surface area contributed by atoms with Crippen molar-refractivity contribution in [3.63, 3.8) is 0 Å². The predicted octanol–water partition coefficient (Wildman–Crippen LogP) is 3.20. The number of rotatable bonds is 1. The van der Waals surface area contributed by atoms with Crippen LogP contribution in [0.15, 0.2) is 24.3 Å². The van der Waals surface area contributed by atoms with Gasteiger partial charge in [-0.1, -0.05) is 29.8 Å². The van der Waals surface area contributed by atoms with Gasteiger partial charge in [0.25, 0.3) is 0 Å². The van der Waals surface area contributed by atoms with Crippen LogP contribution in [0.2, 0.25) is 0 Å². The van der Waals surface area contributed by atoms with Crippen molar-refractivity contribution in [2.75, 3.05) is 0 Å². The van der Waals surface area contributed by atoms with E-state index in [0.29, 0.717) is 0 Å². The first-order chi connectivity index (χ1) is 7.16. The monoisotopic (exact) mass is 201 g/mol. The molecule has 0 bridgehead atoms. The molecule has 1 nitrogen and oxygen atoms in total. The van der Waals surface area contributed by atoms with Crippen molar-refractivity contribution in [1.82, 2.24) is 0 Å². The van der Waals surface area contributed by atoms with Crippen LogP contribution in [-0.2, 0) is 0 Å². The Morgan fingerprint density at radius 2 is 2.07 bits per heavy atom. The Morgan fingerprint density at radius 3 is 2.80 bits per heavy atom. The number of nitrogens with two attached hydrogens (primary N) is 1. The molecule has 0 aliphatic heterocycles. The zero-order chi connectivity index (χ0) is 10.8. The maximum Gasteiger partial charge on any atom is 0.0229 e. The zero-order valence-electron chi connectivity index (χ0n) is 9.59. The summed E-state index contributed by atoms with van der Waals surface area (Å²) in [4.78, 5) is 0. The lowest BCUT2D eigenvalue weighted by atomic mass is 9.88. The predicted molar refractivity (Wildman–Crippen MR) is 65.7 cm³/mol. The van der Waals surface area contributed by atoms with Gasteiger partial charge in [0.05, 0.1) is 0 Å². The molecule has 2 rings (SSSR count). The van der Waals surface area contributed by atoms with E-state index < -0.39 is 0 Å². The van der Waals surface area contributed by atoms with Crippen molar-refractivity contribution >= 4 is 5.57 Å². The lowest BCUT2D eigenvalue weighted by Gasteiger charge is -2.19. The maximum atomic E-state index is 5.97. The molecule has 1 aromatic carbocycles. The molecule has 0 spiro atoms. The molecule has 1 aliphatic carbocycles. The van der Waals surface area contributed by atoms with Gasteiger partial charge >= 0.3 is 0 Å². The van der Waals surface area contributed by atoms with Crippen LogP contribution >= 0.6 is 0 Å². The van der Waals surface area contributed by atoms with E-state index in [1.54, 1.807) is 0 Å². The first-order valence-electron chi connectivity index (χ1n) is 5.71. The van der Waals surface area contributed by atoms with E-state index in [2.05, 4.69) is 38.1 Å². The molecule has 0 aromatic heterocycles. The van der Waals surface area contributed by atoms with Crippen molar-refractivity contribution in [2.24, 2.45) is 5.73 Å². The van der Waals surface area contributed by atoms with Crippen LogP contribution in [0.5, 0.6) is 0 Å². The zero-order valence-corrected chi connectivity index (χ0v) is 9.59. The Kier molecular flexibility index (Phi) is 2.92. The molecule has 2 N–H and O–H groups in total. The maximum absolute atomic E-state index is 5.97. The van der Waals surface area contributed by atoms with Gasteiger partial charge in [0, 0.05) is 6.04 Å². The summed E-state index contributed by atoms with van der Waals surface area (Å²) in [5.41, 5.74) is 11.5. The van der Waals surface area contributed by atoms with E-state index in [-0.39, 0.29) is 6.04 Å². The molecule has 1 unspecified atom stereocenters. The summed E-state index contributed by atoms with van der Waals surface area (Å²) in [5, 5.41) is 0. The third kappa shape index (κ3) is 2.29. The fourth-order valence-electron chi connectivity index (χ4n) is 2.26. The van der Waals surface area contributed by atoms with Gasteiger partial charge in [0.1, 0.15) is 0 Å².